The van der Waals surface area contributed by atoms with Gasteiger partial charge in [0.15, 0.2) is 5.82 Å². The molecule has 0 N–H and O–H groups in total. The fraction of sp³-hybridized carbons (Fsp3) is 0.333. The van der Waals surface area contributed by atoms with Crippen LogP contribution in [0, 0.1) is 0 Å². The number of likely N-dealkylation sites (N-methyl/N-ethyl adjacent to an activating group) is 1. The van der Waals surface area contributed by atoms with Crippen LogP contribution in [0.1, 0.15) is 35.7 Å². The molecule has 1 aliphatic heterocycles. The van der Waals surface area contributed by atoms with Gasteiger partial charge in [-0.05, 0) is 50.0 Å². The van der Waals surface area contributed by atoms with Gasteiger partial charge in [-0.1, -0.05) is 53.7 Å². The maximum Gasteiger partial charge on any atom is 0.246 e. The molecule has 2 aromatic carbocycles. The molecule has 2 aromatic heterocycles. The standard InChI is InChI=1S/C24H26N4O/c1-27-13-7-10-20(27)15-19-16-28(22-12-6-5-11-21(19)22)17-24-25-23(26-29-24)14-18-8-3-2-4-9-18/h2-6,8-9,11-12,16,20H,7,10,13-15,17H2,1H3/t20-/m0/s1. The van der Waals surface area contributed by atoms with Crippen LogP contribution in [0.4, 0.5) is 0 Å². The van der Waals surface area contributed by atoms with E-state index in [0.717, 1.165) is 12.2 Å². The lowest BCUT2D eigenvalue weighted by molar-refractivity contribution is 0.309. The van der Waals surface area contributed by atoms with Gasteiger partial charge in [-0.15, -0.1) is 0 Å². The Hall–Kier alpha value is -2.92. The van der Waals surface area contributed by atoms with Crippen molar-refractivity contribution in [3.8, 4) is 0 Å². The maximum atomic E-state index is 5.56. The molecule has 0 amide bonds. The highest BCUT2D eigenvalue weighted by atomic mass is 16.5. The van der Waals surface area contributed by atoms with Gasteiger partial charge in [0.25, 0.3) is 0 Å². The van der Waals surface area contributed by atoms with Crippen LogP contribution in [0.2, 0.25) is 0 Å². The molecule has 0 spiro atoms. The molecular weight excluding hydrogens is 360 g/mol. The van der Waals surface area contributed by atoms with E-state index in [2.05, 4.69) is 69.3 Å². The number of fused-ring (bicyclic) bond motifs is 1. The Balaban J connectivity index is 1.38. The topological polar surface area (TPSA) is 47.1 Å². The molecule has 148 valence electrons. The number of nitrogens with zero attached hydrogens (tertiary/aromatic N) is 4. The lowest BCUT2D eigenvalue weighted by Crippen LogP contribution is -2.26. The Morgan fingerprint density at radius 1 is 1.07 bits per heavy atom. The van der Waals surface area contributed by atoms with Crippen molar-refractivity contribution in [2.24, 2.45) is 0 Å². The van der Waals surface area contributed by atoms with E-state index in [1.165, 1.54) is 41.4 Å². The van der Waals surface area contributed by atoms with Crippen molar-refractivity contribution in [3.63, 3.8) is 0 Å². The molecule has 0 aliphatic carbocycles. The summed E-state index contributed by atoms with van der Waals surface area (Å²) < 4.78 is 7.81. The molecule has 5 heteroatoms. The summed E-state index contributed by atoms with van der Waals surface area (Å²) in [5.41, 5.74) is 3.82. The summed E-state index contributed by atoms with van der Waals surface area (Å²) in [6, 6.07) is 19.5. The van der Waals surface area contributed by atoms with Gasteiger partial charge >= 0.3 is 0 Å². The lowest BCUT2D eigenvalue weighted by atomic mass is 10.0. The van der Waals surface area contributed by atoms with E-state index in [1.807, 2.05) is 18.2 Å². The largest absolute Gasteiger partial charge is 0.338 e. The minimum atomic E-state index is 0.600. The van der Waals surface area contributed by atoms with Gasteiger partial charge < -0.3 is 14.0 Å². The zero-order valence-corrected chi connectivity index (χ0v) is 16.8. The summed E-state index contributed by atoms with van der Waals surface area (Å²) in [5, 5.41) is 5.51. The third kappa shape index (κ3) is 3.83. The van der Waals surface area contributed by atoms with Gasteiger partial charge in [0.05, 0.1) is 0 Å². The van der Waals surface area contributed by atoms with Crippen LogP contribution >= 0.6 is 0 Å². The van der Waals surface area contributed by atoms with Gasteiger partial charge in [0, 0.05) is 29.6 Å². The van der Waals surface area contributed by atoms with Crippen LogP contribution < -0.4 is 0 Å². The van der Waals surface area contributed by atoms with Crippen LogP contribution in [-0.4, -0.2) is 39.2 Å². The predicted octanol–water partition coefficient (Wildman–Crippen LogP) is 4.30. The van der Waals surface area contributed by atoms with E-state index in [0.29, 0.717) is 24.9 Å². The van der Waals surface area contributed by atoms with Crippen molar-refractivity contribution >= 4 is 10.9 Å². The van der Waals surface area contributed by atoms with Gasteiger partial charge in [0.2, 0.25) is 5.89 Å². The van der Waals surface area contributed by atoms with Crippen molar-refractivity contribution in [3.05, 3.63) is 83.6 Å². The van der Waals surface area contributed by atoms with Crippen LogP contribution in [0.15, 0.2) is 65.3 Å². The predicted molar refractivity (Wildman–Crippen MR) is 114 cm³/mol. The Labute approximate surface area is 171 Å². The van der Waals surface area contributed by atoms with E-state index in [1.54, 1.807) is 0 Å². The first-order chi connectivity index (χ1) is 14.3. The molecule has 1 atom stereocenters. The van der Waals surface area contributed by atoms with Crippen molar-refractivity contribution in [1.29, 1.82) is 0 Å². The highest BCUT2D eigenvalue weighted by molar-refractivity contribution is 5.84. The molecule has 1 saturated heterocycles. The molecule has 29 heavy (non-hydrogen) atoms. The first-order valence-corrected chi connectivity index (χ1v) is 10.4. The zero-order chi connectivity index (χ0) is 19.6. The lowest BCUT2D eigenvalue weighted by Gasteiger charge is -2.18. The number of hydrogen-bond donors (Lipinski definition) is 0. The average Bonchev–Trinajstić information content (AvgIpc) is 3.44. The second-order valence-electron chi connectivity index (χ2n) is 8.05. The SMILES string of the molecule is CN1CCC[C@H]1Cc1cn(Cc2nc(Cc3ccccc3)no2)c2ccccc12. The fourth-order valence-electron chi connectivity index (χ4n) is 4.46. The Morgan fingerprint density at radius 2 is 1.90 bits per heavy atom. The number of para-hydroxylation sites is 1. The fourth-order valence-corrected chi connectivity index (χ4v) is 4.46. The molecule has 5 rings (SSSR count). The Kier molecular flexibility index (Phi) is 4.90. The Bertz CT molecular complexity index is 1100. The second-order valence-corrected chi connectivity index (χ2v) is 8.05. The highest BCUT2D eigenvalue weighted by Gasteiger charge is 2.23. The van der Waals surface area contributed by atoms with Gasteiger partial charge in [0.1, 0.15) is 6.54 Å². The maximum absolute atomic E-state index is 5.56. The molecule has 0 unspecified atom stereocenters. The first-order valence-electron chi connectivity index (χ1n) is 10.4. The van der Waals surface area contributed by atoms with E-state index >= 15 is 0 Å². The van der Waals surface area contributed by atoms with E-state index in [9.17, 15) is 0 Å². The van der Waals surface area contributed by atoms with E-state index in [4.69, 9.17) is 4.52 Å². The quantitative estimate of drug-likeness (QED) is 0.496. The molecule has 4 aromatic rings. The molecule has 0 saturated carbocycles. The summed E-state index contributed by atoms with van der Waals surface area (Å²) in [6.07, 6.45) is 6.63. The van der Waals surface area contributed by atoms with Crippen molar-refractivity contribution in [1.82, 2.24) is 19.6 Å². The zero-order valence-electron chi connectivity index (χ0n) is 16.8. The third-order valence-electron chi connectivity index (χ3n) is 6.02. The van der Waals surface area contributed by atoms with Crippen LogP contribution in [-0.2, 0) is 19.4 Å². The monoisotopic (exact) mass is 386 g/mol. The molecule has 1 fully saturated rings. The number of rotatable bonds is 6. The summed E-state index contributed by atoms with van der Waals surface area (Å²) >= 11 is 0. The number of likely N-dealkylation sites (tertiary alicyclic amines) is 1. The molecule has 5 nitrogen and oxygen atoms in total. The molecule has 0 bridgehead atoms. The van der Waals surface area contributed by atoms with E-state index < -0.39 is 0 Å². The minimum Gasteiger partial charge on any atom is -0.338 e. The van der Waals surface area contributed by atoms with Crippen LogP contribution in [0.25, 0.3) is 10.9 Å². The summed E-state index contributed by atoms with van der Waals surface area (Å²) in [6.45, 7) is 1.80. The summed E-state index contributed by atoms with van der Waals surface area (Å²) in [7, 11) is 2.24. The smallest absolute Gasteiger partial charge is 0.246 e. The number of aromatic nitrogens is 3. The van der Waals surface area contributed by atoms with Crippen molar-refractivity contribution in [2.75, 3.05) is 13.6 Å². The van der Waals surface area contributed by atoms with Gasteiger partial charge in [-0.3, -0.25) is 0 Å². The summed E-state index contributed by atoms with van der Waals surface area (Å²) in [4.78, 5) is 7.11. The highest BCUT2D eigenvalue weighted by Crippen LogP contribution is 2.27. The minimum absolute atomic E-state index is 0.600. The van der Waals surface area contributed by atoms with E-state index in [-0.39, 0.29) is 0 Å². The van der Waals surface area contributed by atoms with Crippen molar-refractivity contribution in [2.45, 2.75) is 38.3 Å². The van der Waals surface area contributed by atoms with Crippen molar-refractivity contribution < 1.29 is 4.52 Å². The number of hydrogen-bond acceptors (Lipinski definition) is 4. The van der Waals surface area contributed by atoms with Gasteiger partial charge in [-0.25, -0.2) is 0 Å². The first kappa shape index (κ1) is 18.1. The summed E-state index contributed by atoms with van der Waals surface area (Å²) in [5.74, 6) is 1.39. The molecule has 3 heterocycles. The second kappa shape index (κ2) is 7.84. The molecule has 1 aliphatic rings. The van der Waals surface area contributed by atoms with Gasteiger partial charge in [-0.2, -0.15) is 4.98 Å². The molecule has 0 radical (unpaired) electrons. The Morgan fingerprint density at radius 3 is 2.72 bits per heavy atom. The third-order valence-corrected chi connectivity index (χ3v) is 6.02. The number of benzene rings is 2. The van der Waals surface area contributed by atoms with Crippen LogP contribution in [0.5, 0.6) is 0 Å². The normalized spacial score (nSPS) is 17.3. The average molecular weight is 386 g/mol. The molecular formula is C24H26N4O. The van der Waals surface area contributed by atoms with Crippen LogP contribution in [0.3, 0.4) is 0 Å².